The highest BCUT2D eigenvalue weighted by Crippen LogP contribution is 2.22. The number of hydrogen-bond donors (Lipinski definition) is 2. The zero-order valence-electron chi connectivity index (χ0n) is 10.4. The largest absolute Gasteiger partial charge is 0.508 e. The molecule has 16 heavy (non-hydrogen) atoms. The van der Waals surface area contributed by atoms with Crippen molar-refractivity contribution in [1.29, 1.82) is 0 Å². The highest BCUT2D eigenvalue weighted by Gasteiger charge is 2.07. The Morgan fingerprint density at radius 3 is 2.62 bits per heavy atom. The van der Waals surface area contributed by atoms with Crippen LogP contribution in [0.5, 0.6) is 5.75 Å². The minimum absolute atomic E-state index is 0.198. The summed E-state index contributed by atoms with van der Waals surface area (Å²) in [5, 5.41) is 13.1. The van der Waals surface area contributed by atoms with Crippen molar-refractivity contribution in [2.24, 2.45) is 0 Å². The second kappa shape index (κ2) is 6.51. The van der Waals surface area contributed by atoms with Gasteiger partial charge in [-0.2, -0.15) is 0 Å². The van der Waals surface area contributed by atoms with Crippen molar-refractivity contribution >= 4 is 0 Å². The minimum atomic E-state index is 0.198. The van der Waals surface area contributed by atoms with Crippen molar-refractivity contribution in [3.8, 4) is 5.75 Å². The van der Waals surface area contributed by atoms with Gasteiger partial charge in [-0.1, -0.05) is 18.2 Å². The summed E-state index contributed by atoms with van der Waals surface area (Å²) in [5.41, 5.74) is 0.965. The first-order valence-electron chi connectivity index (χ1n) is 5.77. The third-order valence-corrected chi connectivity index (χ3v) is 2.64. The van der Waals surface area contributed by atoms with Crippen LogP contribution in [-0.2, 0) is 0 Å². The highest BCUT2D eigenvalue weighted by molar-refractivity contribution is 5.33. The maximum Gasteiger partial charge on any atom is 0.120 e. The van der Waals surface area contributed by atoms with Crippen LogP contribution in [0.3, 0.4) is 0 Å². The van der Waals surface area contributed by atoms with Crippen LogP contribution < -0.4 is 5.32 Å². The van der Waals surface area contributed by atoms with E-state index in [2.05, 4.69) is 31.2 Å². The Bertz CT molecular complexity index is 313. The van der Waals surface area contributed by atoms with E-state index in [9.17, 15) is 5.11 Å². The van der Waals surface area contributed by atoms with Crippen LogP contribution in [0, 0.1) is 0 Å². The summed E-state index contributed by atoms with van der Waals surface area (Å²) in [7, 11) is 4.15. The van der Waals surface area contributed by atoms with Gasteiger partial charge in [0.1, 0.15) is 5.75 Å². The molecule has 0 aromatic heterocycles. The first kappa shape index (κ1) is 13.0. The van der Waals surface area contributed by atoms with Crippen LogP contribution in [0.25, 0.3) is 0 Å². The Labute approximate surface area is 98.1 Å². The number of aromatic hydroxyl groups is 1. The summed E-state index contributed by atoms with van der Waals surface area (Å²) in [6, 6.07) is 7.68. The molecule has 0 fully saturated rings. The summed E-state index contributed by atoms with van der Waals surface area (Å²) >= 11 is 0. The molecule has 0 spiro atoms. The zero-order chi connectivity index (χ0) is 12.0. The molecule has 0 unspecified atom stereocenters. The molecule has 1 aromatic rings. The zero-order valence-corrected chi connectivity index (χ0v) is 10.4. The monoisotopic (exact) mass is 222 g/mol. The molecular formula is C13H22N2O. The Morgan fingerprint density at radius 1 is 1.31 bits per heavy atom. The van der Waals surface area contributed by atoms with Crippen LogP contribution in [0.15, 0.2) is 24.3 Å². The van der Waals surface area contributed by atoms with E-state index in [1.165, 1.54) is 0 Å². The molecule has 1 atom stereocenters. The van der Waals surface area contributed by atoms with E-state index < -0.39 is 0 Å². The SMILES string of the molecule is C[C@@H](NCCCN(C)C)c1ccccc1O. The number of para-hydroxylation sites is 1. The molecule has 0 saturated carbocycles. The van der Waals surface area contributed by atoms with Gasteiger partial charge in [-0.3, -0.25) is 0 Å². The van der Waals surface area contributed by atoms with Gasteiger partial charge in [0.15, 0.2) is 0 Å². The molecule has 90 valence electrons. The molecule has 0 heterocycles. The van der Waals surface area contributed by atoms with E-state index in [1.807, 2.05) is 18.2 Å². The fraction of sp³-hybridized carbons (Fsp3) is 0.538. The van der Waals surface area contributed by atoms with E-state index in [0.717, 1.165) is 25.1 Å². The second-order valence-electron chi connectivity index (χ2n) is 4.39. The highest BCUT2D eigenvalue weighted by atomic mass is 16.3. The fourth-order valence-corrected chi connectivity index (χ4v) is 1.68. The second-order valence-corrected chi connectivity index (χ2v) is 4.39. The molecule has 2 N–H and O–H groups in total. The number of nitrogens with one attached hydrogen (secondary N) is 1. The predicted molar refractivity (Wildman–Crippen MR) is 67.7 cm³/mol. The Morgan fingerprint density at radius 2 is 2.00 bits per heavy atom. The van der Waals surface area contributed by atoms with Gasteiger partial charge in [-0.25, -0.2) is 0 Å². The van der Waals surface area contributed by atoms with Crippen LogP contribution in [0.1, 0.15) is 24.9 Å². The topological polar surface area (TPSA) is 35.5 Å². The average Bonchev–Trinajstić information content (AvgIpc) is 2.24. The van der Waals surface area contributed by atoms with Gasteiger partial charge in [-0.15, -0.1) is 0 Å². The number of nitrogens with zero attached hydrogens (tertiary/aromatic N) is 1. The minimum Gasteiger partial charge on any atom is -0.508 e. The van der Waals surface area contributed by atoms with Crippen LogP contribution >= 0.6 is 0 Å². The van der Waals surface area contributed by atoms with Gasteiger partial charge in [0.05, 0.1) is 0 Å². The van der Waals surface area contributed by atoms with Gasteiger partial charge in [-0.05, 0) is 46.6 Å². The molecular weight excluding hydrogens is 200 g/mol. The van der Waals surface area contributed by atoms with Crippen molar-refractivity contribution in [3.63, 3.8) is 0 Å². The van der Waals surface area contributed by atoms with Crippen LogP contribution in [0.4, 0.5) is 0 Å². The normalized spacial score (nSPS) is 13.0. The fourth-order valence-electron chi connectivity index (χ4n) is 1.68. The van der Waals surface area contributed by atoms with E-state index >= 15 is 0 Å². The van der Waals surface area contributed by atoms with Gasteiger partial charge < -0.3 is 15.3 Å². The quantitative estimate of drug-likeness (QED) is 0.723. The van der Waals surface area contributed by atoms with Crippen molar-refractivity contribution < 1.29 is 5.11 Å². The summed E-state index contributed by atoms with van der Waals surface area (Å²) < 4.78 is 0. The van der Waals surface area contributed by atoms with E-state index in [4.69, 9.17) is 0 Å². The molecule has 0 aliphatic heterocycles. The Hall–Kier alpha value is -1.06. The van der Waals surface area contributed by atoms with E-state index in [-0.39, 0.29) is 6.04 Å². The molecule has 0 amide bonds. The Balaban J connectivity index is 2.35. The predicted octanol–water partition coefficient (Wildman–Crippen LogP) is 1.99. The summed E-state index contributed by atoms with van der Waals surface area (Å²) in [6.45, 7) is 4.12. The molecule has 1 rings (SSSR count). The third kappa shape index (κ3) is 4.21. The summed E-state index contributed by atoms with van der Waals surface area (Å²) in [4.78, 5) is 2.17. The number of rotatable bonds is 6. The molecule has 1 aromatic carbocycles. The standard InChI is InChI=1S/C13H22N2O/c1-11(14-9-6-10-15(2)3)12-7-4-5-8-13(12)16/h4-5,7-8,11,14,16H,6,9-10H2,1-3H3/t11-/m1/s1. The number of benzene rings is 1. The molecule has 0 aliphatic carbocycles. The molecule has 0 saturated heterocycles. The smallest absolute Gasteiger partial charge is 0.120 e. The number of phenols is 1. The lowest BCUT2D eigenvalue weighted by Crippen LogP contribution is -2.23. The average molecular weight is 222 g/mol. The van der Waals surface area contributed by atoms with Gasteiger partial charge >= 0.3 is 0 Å². The molecule has 0 bridgehead atoms. The Kier molecular flexibility index (Phi) is 5.29. The van der Waals surface area contributed by atoms with E-state index in [0.29, 0.717) is 5.75 Å². The van der Waals surface area contributed by atoms with Crippen molar-refractivity contribution in [1.82, 2.24) is 10.2 Å². The lowest BCUT2D eigenvalue weighted by atomic mass is 10.1. The van der Waals surface area contributed by atoms with Gasteiger partial charge in [0, 0.05) is 11.6 Å². The summed E-state index contributed by atoms with van der Waals surface area (Å²) in [6.07, 6.45) is 1.12. The maximum atomic E-state index is 9.68. The molecule has 0 aliphatic rings. The lowest BCUT2D eigenvalue weighted by Gasteiger charge is -2.16. The van der Waals surface area contributed by atoms with Gasteiger partial charge in [0.2, 0.25) is 0 Å². The van der Waals surface area contributed by atoms with Crippen LogP contribution in [0.2, 0.25) is 0 Å². The van der Waals surface area contributed by atoms with Crippen molar-refractivity contribution in [2.75, 3.05) is 27.2 Å². The molecule has 3 heteroatoms. The van der Waals surface area contributed by atoms with Crippen molar-refractivity contribution in [3.05, 3.63) is 29.8 Å². The first-order valence-corrected chi connectivity index (χ1v) is 5.77. The lowest BCUT2D eigenvalue weighted by molar-refractivity contribution is 0.387. The third-order valence-electron chi connectivity index (χ3n) is 2.64. The first-order chi connectivity index (χ1) is 7.61. The molecule has 3 nitrogen and oxygen atoms in total. The maximum absolute atomic E-state index is 9.68. The summed E-state index contributed by atoms with van der Waals surface area (Å²) in [5.74, 6) is 0.370. The van der Waals surface area contributed by atoms with E-state index in [1.54, 1.807) is 6.07 Å². The molecule has 0 radical (unpaired) electrons. The number of phenolic OH excluding ortho intramolecular Hbond substituents is 1. The van der Waals surface area contributed by atoms with Crippen molar-refractivity contribution in [2.45, 2.75) is 19.4 Å². The number of hydrogen-bond acceptors (Lipinski definition) is 3. The van der Waals surface area contributed by atoms with Gasteiger partial charge in [0.25, 0.3) is 0 Å². The van der Waals surface area contributed by atoms with Crippen LogP contribution in [-0.4, -0.2) is 37.2 Å².